The summed E-state index contributed by atoms with van der Waals surface area (Å²) >= 11 is 0. The van der Waals surface area contributed by atoms with Crippen LogP contribution in [0.2, 0.25) is 0 Å². The Morgan fingerprint density at radius 1 is 0.625 bits per heavy atom. The van der Waals surface area contributed by atoms with Gasteiger partial charge in [0, 0.05) is 17.7 Å². The summed E-state index contributed by atoms with van der Waals surface area (Å²) in [5.74, 6) is -0.353. The van der Waals surface area contributed by atoms with Crippen molar-refractivity contribution in [2.45, 2.75) is 61.4 Å². The average Bonchev–Trinajstić information content (AvgIpc) is 2.93. The summed E-state index contributed by atoms with van der Waals surface area (Å²) in [6.07, 6.45) is -11.8. The first-order valence-corrected chi connectivity index (χ1v) is 12.3. The number of phenols is 2. The number of benzene rings is 2. The number of rotatable bonds is 8. The average molecular weight is 569 g/mol. The summed E-state index contributed by atoms with van der Waals surface area (Å²) in [6, 6.07) is 8.20. The summed E-state index contributed by atoms with van der Waals surface area (Å²) in [6.45, 7) is -1.25. The van der Waals surface area contributed by atoms with E-state index < -0.39 is 74.6 Å². The van der Waals surface area contributed by atoms with Gasteiger partial charge in [-0.25, -0.2) is 0 Å². The minimum Gasteiger partial charge on any atom is -0.508 e. The van der Waals surface area contributed by atoms with Gasteiger partial charge in [0.15, 0.2) is 0 Å². The van der Waals surface area contributed by atoms with E-state index in [1.807, 2.05) is 0 Å². The fraction of sp³-hybridized carbons (Fsp3) is 0.462. The molecule has 0 aromatic heterocycles. The first-order chi connectivity index (χ1) is 19.0. The molecule has 10 N–H and O–H groups in total. The number of ether oxygens (including phenoxy) is 4. The zero-order valence-electron chi connectivity index (χ0n) is 20.9. The monoisotopic (exact) mass is 568 g/mol. The van der Waals surface area contributed by atoms with Gasteiger partial charge < -0.3 is 70.0 Å². The lowest BCUT2D eigenvalue weighted by atomic mass is 9.99. The Morgan fingerprint density at radius 2 is 1.18 bits per heavy atom. The van der Waals surface area contributed by atoms with E-state index in [1.54, 1.807) is 0 Å². The molecule has 0 bridgehead atoms. The highest BCUT2D eigenvalue weighted by Crippen LogP contribution is 2.31. The molecule has 40 heavy (non-hydrogen) atoms. The van der Waals surface area contributed by atoms with Crippen molar-refractivity contribution in [2.75, 3.05) is 13.2 Å². The second-order valence-corrected chi connectivity index (χ2v) is 9.44. The summed E-state index contributed by atoms with van der Waals surface area (Å²) in [7, 11) is 0. The molecule has 0 spiro atoms. The Morgan fingerprint density at radius 3 is 1.70 bits per heavy atom. The van der Waals surface area contributed by atoms with Gasteiger partial charge in [-0.15, -0.1) is 0 Å². The molecule has 0 unspecified atom stereocenters. The predicted octanol–water partition coefficient (Wildman–Crippen LogP) is -2.37. The van der Waals surface area contributed by atoms with Crippen LogP contribution in [0.4, 0.5) is 0 Å². The third-order valence-corrected chi connectivity index (χ3v) is 6.57. The first kappa shape index (κ1) is 30.0. The van der Waals surface area contributed by atoms with Crippen LogP contribution in [-0.4, -0.2) is 126 Å². The molecule has 10 atom stereocenters. The maximum Gasteiger partial charge on any atom is 0.229 e. The van der Waals surface area contributed by atoms with E-state index in [1.165, 1.54) is 48.6 Å². The summed E-state index contributed by atoms with van der Waals surface area (Å²) < 4.78 is 21.6. The fourth-order valence-corrected chi connectivity index (χ4v) is 4.29. The van der Waals surface area contributed by atoms with E-state index in [2.05, 4.69) is 0 Å². The van der Waals surface area contributed by atoms with Crippen LogP contribution in [0.25, 0.3) is 12.2 Å². The van der Waals surface area contributed by atoms with Gasteiger partial charge in [-0.05, 0) is 29.8 Å². The molecule has 14 nitrogen and oxygen atoms in total. The number of phenolic OH excluding ortho intramolecular Hbond substituents is 2. The lowest BCUT2D eigenvalue weighted by Crippen LogP contribution is -2.60. The highest BCUT2D eigenvalue weighted by molar-refractivity contribution is 5.74. The van der Waals surface area contributed by atoms with Crippen molar-refractivity contribution < 1.29 is 70.0 Å². The molecule has 2 fully saturated rings. The Bertz CT molecular complexity index is 1170. The van der Waals surface area contributed by atoms with Gasteiger partial charge in [0.25, 0.3) is 0 Å². The summed E-state index contributed by atoms with van der Waals surface area (Å²) in [5, 5.41) is 99.2. The zero-order valence-corrected chi connectivity index (χ0v) is 20.9. The largest absolute Gasteiger partial charge is 0.508 e. The normalized spacial score (nSPS) is 34.6. The van der Waals surface area contributed by atoms with Gasteiger partial charge in [-0.2, -0.15) is 0 Å². The van der Waals surface area contributed by atoms with Crippen molar-refractivity contribution in [1.29, 1.82) is 0 Å². The topological polar surface area (TPSA) is 239 Å². The number of aliphatic hydroxyl groups is 8. The second kappa shape index (κ2) is 12.7. The van der Waals surface area contributed by atoms with E-state index >= 15 is 0 Å². The minimum atomic E-state index is -1.64. The van der Waals surface area contributed by atoms with Gasteiger partial charge in [0.05, 0.1) is 13.2 Å². The van der Waals surface area contributed by atoms with Crippen LogP contribution in [-0.2, 0) is 9.47 Å². The Labute approximate surface area is 227 Å². The Hall–Kier alpha value is -3.02. The van der Waals surface area contributed by atoms with Gasteiger partial charge in [-0.3, -0.25) is 0 Å². The smallest absolute Gasteiger partial charge is 0.229 e. The predicted molar refractivity (Wildman–Crippen MR) is 134 cm³/mol. The molecule has 2 saturated heterocycles. The third-order valence-electron chi connectivity index (χ3n) is 6.57. The Kier molecular flexibility index (Phi) is 9.48. The molecule has 0 radical (unpaired) electrons. The minimum absolute atomic E-state index is 0.0384. The van der Waals surface area contributed by atoms with E-state index in [9.17, 15) is 51.1 Å². The molecule has 2 aliphatic heterocycles. The number of hydrogen-bond acceptors (Lipinski definition) is 14. The van der Waals surface area contributed by atoms with Crippen molar-refractivity contribution in [3.05, 3.63) is 47.5 Å². The second-order valence-electron chi connectivity index (χ2n) is 9.44. The van der Waals surface area contributed by atoms with Crippen LogP contribution in [0.3, 0.4) is 0 Å². The van der Waals surface area contributed by atoms with E-state index in [-0.39, 0.29) is 23.0 Å². The van der Waals surface area contributed by atoms with Crippen LogP contribution in [0.15, 0.2) is 36.4 Å². The molecule has 220 valence electrons. The Balaban J connectivity index is 1.45. The van der Waals surface area contributed by atoms with Crippen molar-refractivity contribution in [1.82, 2.24) is 0 Å². The maximum absolute atomic E-state index is 10.5. The SMILES string of the molecule is OC[C@H]1O[C@H](Oc2cc(O)cc(/C=C\c3ccc(O[C@H]4O[C@H](CO)[C@@H](O)[C@H](O)[C@H]4O)cc3O)c2)[C@H](O)[C@@H](O)[C@@H]1O. The van der Waals surface area contributed by atoms with Crippen LogP contribution < -0.4 is 9.47 Å². The van der Waals surface area contributed by atoms with Crippen LogP contribution in [0.1, 0.15) is 11.1 Å². The molecular weight excluding hydrogens is 536 g/mol. The van der Waals surface area contributed by atoms with Crippen molar-refractivity contribution in [3.63, 3.8) is 0 Å². The number of aliphatic hydroxyl groups excluding tert-OH is 8. The highest BCUT2D eigenvalue weighted by Gasteiger charge is 2.45. The summed E-state index contributed by atoms with van der Waals surface area (Å²) in [4.78, 5) is 0. The van der Waals surface area contributed by atoms with Gasteiger partial charge in [0.1, 0.15) is 71.8 Å². The van der Waals surface area contributed by atoms with E-state index in [4.69, 9.17) is 18.9 Å². The van der Waals surface area contributed by atoms with Crippen LogP contribution in [0, 0.1) is 0 Å². The first-order valence-electron chi connectivity index (χ1n) is 12.3. The molecule has 2 heterocycles. The summed E-state index contributed by atoms with van der Waals surface area (Å²) in [5.41, 5.74) is 0.724. The van der Waals surface area contributed by atoms with Crippen molar-refractivity contribution >= 4 is 12.2 Å². The molecule has 0 saturated carbocycles. The molecule has 0 amide bonds. The van der Waals surface area contributed by atoms with Gasteiger partial charge >= 0.3 is 0 Å². The van der Waals surface area contributed by atoms with Gasteiger partial charge in [0.2, 0.25) is 12.6 Å². The van der Waals surface area contributed by atoms with Crippen molar-refractivity contribution in [2.24, 2.45) is 0 Å². The molecule has 2 aromatic carbocycles. The lowest BCUT2D eigenvalue weighted by molar-refractivity contribution is -0.277. The molecule has 0 aliphatic carbocycles. The quantitative estimate of drug-likeness (QED) is 0.150. The third kappa shape index (κ3) is 6.47. The lowest BCUT2D eigenvalue weighted by Gasteiger charge is -2.39. The molecule has 14 heteroatoms. The van der Waals surface area contributed by atoms with Crippen molar-refractivity contribution in [3.8, 4) is 23.0 Å². The number of hydrogen-bond donors (Lipinski definition) is 10. The molecule has 4 rings (SSSR count). The van der Waals surface area contributed by atoms with Crippen LogP contribution in [0.5, 0.6) is 23.0 Å². The fourth-order valence-electron chi connectivity index (χ4n) is 4.29. The maximum atomic E-state index is 10.5. The zero-order chi connectivity index (χ0) is 29.1. The van der Waals surface area contributed by atoms with E-state index in [0.29, 0.717) is 11.1 Å². The van der Waals surface area contributed by atoms with E-state index in [0.717, 1.165) is 0 Å². The van der Waals surface area contributed by atoms with Gasteiger partial charge in [-0.1, -0.05) is 12.2 Å². The highest BCUT2D eigenvalue weighted by atomic mass is 16.7. The standard InChI is InChI=1S/C26H32O14/c27-9-17-19(31)21(33)23(35)25(39-17)37-14-4-3-12(16(30)8-14)2-1-11-5-13(29)7-15(6-11)38-26-24(36)22(34)20(32)18(10-28)40-26/h1-8,17-36H,9-10H2/b2-1-/t17-,18-,19-,20-,21+,22+,23-,24-,25+,26+/m1/s1. The number of aromatic hydroxyl groups is 2. The molecular formula is C26H32O14. The van der Waals surface area contributed by atoms with Crippen LogP contribution >= 0.6 is 0 Å². The molecule has 2 aromatic rings. The molecule has 2 aliphatic rings.